The first kappa shape index (κ1) is 13.9. The number of nitrogens with zero attached hydrogens (tertiary/aromatic N) is 1. The Bertz CT molecular complexity index is 505. The Kier molecular flexibility index (Phi) is 4.85. The van der Waals surface area contributed by atoms with E-state index in [1.165, 1.54) is 12.1 Å². The number of ether oxygens (including phenoxy) is 1. The van der Waals surface area contributed by atoms with Gasteiger partial charge in [0, 0.05) is 23.1 Å². The van der Waals surface area contributed by atoms with E-state index in [1.807, 2.05) is 18.2 Å². The lowest BCUT2D eigenvalue weighted by atomic mass is 10.1. The standard InChI is InChI=1S/C14H12BrF2NO/c15-13(9-11-3-1-2-8-18-11)10-4-6-12(7-5-10)19-14(16)17/h1-8,13-14H,9H2. The second-order valence-electron chi connectivity index (χ2n) is 3.94. The predicted octanol–water partition coefficient (Wildman–Crippen LogP) is 4.36. The molecule has 0 aliphatic heterocycles. The van der Waals surface area contributed by atoms with E-state index in [4.69, 9.17) is 0 Å². The molecule has 2 rings (SSSR count). The van der Waals surface area contributed by atoms with Gasteiger partial charge < -0.3 is 4.74 Å². The molecule has 0 fully saturated rings. The van der Waals surface area contributed by atoms with Gasteiger partial charge in [-0.3, -0.25) is 4.98 Å². The lowest BCUT2D eigenvalue weighted by Gasteiger charge is -2.11. The van der Waals surface area contributed by atoms with Crippen LogP contribution in [-0.2, 0) is 6.42 Å². The topological polar surface area (TPSA) is 22.1 Å². The third kappa shape index (κ3) is 4.28. The zero-order valence-corrected chi connectivity index (χ0v) is 11.6. The monoisotopic (exact) mass is 327 g/mol. The van der Waals surface area contributed by atoms with Crippen molar-refractivity contribution >= 4 is 15.9 Å². The van der Waals surface area contributed by atoms with Crippen molar-refractivity contribution in [3.8, 4) is 5.75 Å². The second kappa shape index (κ2) is 6.61. The van der Waals surface area contributed by atoms with Gasteiger partial charge in [-0.05, 0) is 29.8 Å². The Balaban J connectivity index is 2.01. The third-order valence-corrected chi connectivity index (χ3v) is 3.43. The van der Waals surface area contributed by atoms with Crippen LogP contribution in [0.1, 0.15) is 16.1 Å². The summed E-state index contributed by atoms with van der Waals surface area (Å²) in [6.07, 6.45) is 2.48. The summed E-state index contributed by atoms with van der Waals surface area (Å²) in [6, 6.07) is 12.3. The first-order chi connectivity index (χ1) is 9.15. The number of alkyl halides is 3. The fourth-order valence-corrected chi connectivity index (χ4v) is 2.32. The number of hydrogen-bond acceptors (Lipinski definition) is 2. The van der Waals surface area contributed by atoms with Crippen molar-refractivity contribution in [3.05, 3.63) is 59.9 Å². The van der Waals surface area contributed by atoms with Gasteiger partial charge in [0.25, 0.3) is 0 Å². The largest absolute Gasteiger partial charge is 0.435 e. The minimum Gasteiger partial charge on any atom is -0.435 e. The van der Waals surface area contributed by atoms with Crippen molar-refractivity contribution < 1.29 is 13.5 Å². The van der Waals surface area contributed by atoms with E-state index in [1.54, 1.807) is 18.3 Å². The van der Waals surface area contributed by atoms with Gasteiger partial charge in [0.15, 0.2) is 0 Å². The van der Waals surface area contributed by atoms with Gasteiger partial charge in [-0.2, -0.15) is 8.78 Å². The molecule has 0 radical (unpaired) electrons. The van der Waals surface area contributed by atoms with Gasteiger partial charge in [0.05, 0.1) is 0 Å². The minimum absolute atomic E-state index is 0.0861. The Morgan fingerprint density at radius 1 is 1.11 bits per heavy atom. The molecule has 1 heterocycles. The van der Waals surface area contributed by atoms with Crippen molar-refractivity contribution in [2.24, 2.45) is 0 Å². The first-order valence-electron chi connectivity index (χ1n) is 5.74. The molecule has 1 unspecified atom stereocenters. The summed E-state index contributed by atoms with van der Waals surface area (Å²) >= 11 is 3.57. The summed E-state index contributed by atoms with van der Waals surface area (Å²) in [5, 5.41) is 0. The van der Waals surface area contributed by atoms with Crippen LogP contribution in [0.15, 0.2) is 48.7 Å². The van der Waals surface area contributed by atoms with Crippen LogP contribution in [-0.4, -0.2) is 11.6 Å². The normalized spacial score (nSPS) is 12.4. The van der Waals surface area contributed by atoms with E-state index in [-0.39, 0.29) is 10.6 Å². The molecular weight excluding hydrogens is 316 g/mol. The van der Waals surface area contributed by atoms with Crippen LogP contribution in [0.2, 0.25) is 0 Å². The fourth-order valence-electron chi connectivity index (χ4n) is 1.68. The molecule has 2 aromatic rings. The van der Waals surface area contributed by atoms with Crippen LogP contribution in [0.4, 0.5) is 8.78 Å². The zero-order valence-electron chi connectivity index (χ0n) is 9.97. The highest BCUT2D eigenvalue weighted by Gasteiger charge is 2.10. The van der Waals surface area contributed by atoms with E-state index >= 15 is 0 Å². The number of benzene rings is 1. The molecule has 2 nitrogen and oxygen atoms in total. The molecule has 0 saturated heterocycles. The van der Waals surface area contributed by atoms with Gasteiger partial charge in [-0.25, -0.2) is 0 Å². The molecule has 1 atom stereocenters. The number of rotatable bonds is 5. The fraction of sp³-hybridized carbons (Fsp3) is 0.214. The zero-order chi connectivity index (χ0) is 13.7. The van der Waals surface area contributed by atoms with Gasteiger partial charge in [-0.15, -0.1) is 0 Å². The average molecular weight is 328 g/mol. The SMILES string of the molecule is FC(F)Oc1ccc(C(Br)Cc2ccccn2)cc1. The van der Waals surface area contributed by atoms with Crippen LogP contribution in [0.5, 0.6) is 5.75 Å². The first-order valence-corrected chi connectivity index (χ1v) is 6.65. The van der Waals surface area contributed by atoms with Crippen molar-refractivity contribution in [2.75, 3.05) is 0 Å². The average Bonchev–Trinajstić information content (AvgIpc) is 2.40. The summed E-state index contributed by atoms with van der Waals surface area (Å²) in [7, 11) is 0. The molecule has 0 bridgehead atoms. The van der Waals surface area contributed by atoms with Crippen molar-refractivity contribution in [1.29, 1.82) is 0 Å². The highest BCUT2D eigenvalue weighted by molar-refractivity contribution is 9.09. The van der Waals surface area contributed by atoms with E-state index in [9.17, 15) is 8.78 Å². The van der Waals surface area contributed by atoms with E-state index in [2.05, 4.69) is 25.7 Å². The van der Waals surface area contributed by atoms with Crippen molar-refractivity contribution in [3.63, 3.8) is 0 Å². The molecule has 5 heteroatoms. The molecule has 19 heavy (non-hydrogen) atoms. The Morgan fingerprint density at radius 3 is 2.42 bits per heavy atom. The lowest BCUT2D eigenvalue weighted by molar-refractivity contribution is -0.0498. The summed E-state index contributed by atoms with van der Waals surface area (Å²) in [6.45, 7) is -2.79. The molecule has 0 saturated carbocycles. The molecular formula is C14H12BrF2NO. The molecule has 1 aromatic carbocycles. The second-order valence-corrected chi connectivity index (χ2v) is 5.05. The number of hydrogen-bond donors (Lipinski definition) is 0. The Morgan fingerprint density at radius 2 is 1.84 bits per heavy atom. The maximum atomic E-state index is 12.0. The predicted molar refractivity (Wildman–Crippen MR) is 72.7 cm³/mol. The van der Waals surface area contributed by atoms with Crippen LogP contribution in [0, 0.1) is 0 Å². The highest BCUT2D eigenvalue weighted by atomic mass is 79.9. The van der Waals surface area contributed by atoms with Gasteiger partial charge in [0.2, 0.25) is 0 Å². The molecule has 0 spiro atoms. The van der Waals surface area contributed by atoms with Gasteiger partial charge in [-0.1, -0.05) is 34.1 Å². The molecule has 0 amide bonds. The molecule has 0 N–H and O–H groups in total. The van der Waals surface area contributed by atoms with Crippen LogP contribution < -0.4 is 4.74 Å². The van der Waals surface area contributed by atoms with Crippen molar-refractivity contribution in [2.45, 2.75) is 17.9 Å². The molecule has 0 aliphatic carbocycles. The van der Waals surface area contributed by atoms with Crippen molar-refractivity contribution in [1.82, 2.24) is 4.98 Å². The van der Waals surface area contributed by atoms with Crippen LogP contribution >= 0.6 is 15.9 Å². The van der Waals surface area contributed by atoms with Crippen LogP contribution in [0.25, 0.3) is 0 Å². The van der Waals surface area contributed by atoms with Gasteiger partial charge >= 0.3 is 6.61 Å². The third-order valence-electron chi connectivity index (χ3n) is 2.58. The Labute approximate surface area is 118 Å². The smallest absolute Gasteiger partial charge is 0.387 e. The maximum absolute atomic E-state index is 12.0. The molecule has 1 aromatic heterocycles. The molecule has 0 aliphatic rings. The van der Waals surface area contributed by atoms with Gasteiger partial charge in [0.1, 0.15) is 5.75 Å². The quantitative estimate of drug-likeness (QED) is 0.761. The Hall–Kier alpha value is -1.49. The number of aromatic nitrogens is 1. The van der Waals surface area contributed by atoms with Crippen LogP contribution in [0.3, 0.4) is 0 Å². The molecule has 100 valence electrons. The lowest BCUT2D eigenvalue weighted by Crippen LogP contribution is -2.02. The minimum atomic E-state index is -2.79. The highest BCUT2D eigenvalue weighted by Crippen LogP contribution is 2.28. The van der Waals surface area contributed by atoms with E-state index in [0.29, 0.717) is 0 Å². The summed E-state index contributed by atoms with van der Waals surface area (Å²) in [4.78, 5) is 4.33. The summed E-state index contributed by atoms with van der Waals surface area (Å²) < 4.78 is 28.4. The van der Waals surface area contributed by atoms with E-state index in [0.717, 1.165) is 17.7 Å². The maximum Gasteiger partial charge on any atom is 0.387 e. The summed E-state index contributed by atoms with van der Waals surface area (Å²) in [5.41, 5.74) is 1.96. The van der Waals surface area contributed by atoms with E-state index < -0.39 is 6.61 Å². The number of halogens is 3. The number of pyridine rings is 1. The summed E-state index contributed by atoms with van der Waals surface area (Å²) in [5.74, 6) is 0.163.